The number of benzene rings is 1. The van der Waals surface area contributed by atoms with Crippen LogP contribution in [0.2, 0.25) is 0 Å². The lowest BCUT2D eigenvalue weighted by Crippen LogP contribution is -2.38. The van der Waals surface area contributed by atoms with Crippen LogP contribution in [0.5, 0.6) is 0 Å². The predicted molar refractivity (Wildman–Crippen MR) is 108 cm³/mol. The Bertz CT molecular complexity index is 1280. The zero-order valence-electron chi connectivity index (χ0n) is 15.7. The first-order valence-electron chi connectivity index (χ1n) is 9.05. The summed E-state index contributed by atoms with van der Waals surface area (Å²) in [6.07, 6.45) is 4.73. The summed E-state index contributed by atoms with van der Waals surface area (Å²) in [4.78, 5) is 45.7. The van der Waals surface area contributed by atoms with E-state index >= 15 is 0 Å². The summed E-state index contributed by atoms with van der Waals surface area (Å²) in [6, 6.07) is 12.0. The lowest BCUT2D eigenvalue weighted by Gasteiger charge is -2.15. The molecule has 0 fully saturated rings. The van der Waals surface area contributed by atoms with Crippen LogP contribution < -0.4 is 16.6 Å². The minimum absolute atomic E-state index is 0.0500. The van der Waals surface area contributed by atoms with Gasteiger partial charge in [0.15, 0.2) is 5.82 Å². The van der Waals surface area contributed by atoms with Gasteiger partial charge in [-0.25, -0.2) is 9.18 Å². The average Bonchev–Trinajstić information content (AvgIpc) is 2.74. The van der Waals surface area contributed by atoms with Crippen molar-refractivity contribution in [2.75, 3.05) is 5.32 Å². The third-order valence-corrected chi connectivity index (χ3v) is 4.46. The van der Waals surface area contributed by atoms with Gasteiger partial charge in [0.25, 0.3) is 5.56 Å². The van der Waals surface area contributed by atoms with Gasteiger partial charge in [-0.15, -0.1) is 0 Å². The summed E-state index contributed by atoms with van der Waals surface area (Å²) in [5.74, 6) is -0.705. The standard InChI is InChI=1S/C21H16FN5O3/c22-15-5-7-16(8-6-15)24-18(28)13-26-10-2-4-17-19(26)25-21(30)27(20(17)29)12-14-3-1-9-23-11-14/h1-11H,12-13H2,(H,24,28). The Morgan fingerprint density at radius 1 is 1.07 bits per heavy atom. The highest BCUT2D eigenvalue weighted by Gasteiger charge is 2.18. The normalized spacial score (nSPS) is 10.8. The highest BCUT2D eigenvalue weighted by molar-refractivity contribution is 5.90. The number of amides is 1. The quantitative estimate of drug-likeness (QED) is 0.545. The fraction of sp³-hybridized carbons (Fsp3) is 0.0952. The molecule has 1 aromatic heterocycles. The molecule has 0 bridgehead atoms. The Morgan fingerprint density at radius 3 is 2.60 bits per heavy atom. The Balaban J connectivity index is 1.63. The SMILES string of the molecule is O=C(Cn1cccc2c(=O)n(Cc3cccnc3)c(=O)nc1-2)Nc1ccc(F)cc1. The maximum atomic E-state index is 13.0. The predicted octanol–water partition coefficient (Wildman–Crippen LogP) is 1.73. The van der Waals surface area contributed by atoms with Crippen LogP contribution in [0.4, 0.5) is 10.1 Å². The van der Waals surface area contributed by atoms with E-state index in [1.165, 1.54) is 28.8 Å². The maximum Gasteiger partial charge on any atom is 0.352 e. The first kappa shape index (κ1) is 19.2. The number of nitrogens with zero attached hydrogens (tertiary/aromatic N) is 4. The molecule has 0 atom stereocenters. The van der Waals surface area contributed by atoms with Crippen molar-refractivity contribution in [2.45, 2.75) is 13.1 Å². The van der Waals surface area contributed by atoms with Gasteiger partial charge >= 0.3 is 5.69 Å². The van der Waals surface area contributed by atoms with Gasteiger partial charge in [-0.3, -0.25) is 19.1 Å². The highest BCUT2D eigenvalue weighted by atomic mass is 19.1. The molecular formula is C21H16FN5O3. The van der Waals surface area contributed by atoms with E-state index in [0.29, 0.717) is 11.3 Å². The fourth-order valence-electron chi connectivity index (χ4n) is 3.05. The van der Waals surface area contributed by atoms with Crippen molar-refractivity contribution in [3.8, 4) is 11.4 Å². The third kappa shape index (κ3) is 4.00. The molecule has 0 spiro atoms. The van der Waals surface area contributed by atoms with Crippen molar-refractivity contribution < 1.29 is 9.18 Å². The second kappa shape index (κ2) is 8.08. The first-order valence-corrected chi connectivity index (χ1v) is 9.05. The summed E-state index contributed by atoms with van der Waals surface area (Å²) in [6.45, 7) is -0.123. The van der Waals surface area contributed by atoms with E-state index in [0.717, 1.165) is 4.57 Å². The van der Waals surface area contributed by atoms with Crippen LogP contribution in [0.15, 0.2) is 76.7 Å². The number of hydrogen-bond acceptors (Lipinski definition) is 5. The van der Waals surface area contributed by atoms with Crippen LogP contribution in [0.1, 0.15) is 5.56 Å². The number of carbonyl (C=O) groups is 1. The number of carbonyl (C=O) groups excluding carboxylic acids is 1. The zero-order valence-corrected chi connectivity index (χ0v) is 15.7. The molecule has 0 aliphatic carbocycles. The number of nitrogens with one attached hydrogen (secondary N) is 1. The van der Waals surface area contributed by atoms with Gasteiger partial charge in [-0.2, -0.15) is 4.98 Å². The summed E-state index contributed by atoms with van der Waals surface area (Å²) in [5.41, 5.74) is 0.131. The molecule has 0 saturated heterocycles. The minimum Gasteiger partial charge on any atom is -0.325 e. The van der Waals surface area contributed by atoms with Crippen molar-refractivity contribution in [3.63, 3.8) is 0 Å². The number of pyridine rings is 2. The minimum atomic E-state index is -0.713. The summed E-state index contributed by atoms with van der Waals surface area (Å²) in [5, 5.41) is 2.63. The first-order chi connectivity index (χ1) is 14.5. The number of aromatic nitrogens is 4. The molecule has 0 saturated carbocycles. The smallest absolute Gasteiger partial charge is 0.325 e. The van der Waals surface area contributed by atoms with Crippen LogP contribution in [-0.2, 0) is 17.9 Å². The maximum absolute atomic E-state index is 13.0. The van der Waals surface area contributed by atoms with E-state index < -0.39 is 23.0 Å². The van der Waals surface area contributed by atoms with Gasteiger partial charge in [0, 0.05) is 24.3 Å². The largest absolute Gasteiger partial charge is 0.352 e. The third-order valence-electron chi connectivity index (χ3n) is 4.46. The molecule has 3 heterocycles. The number of fused-ring (bicyclic) bond motifs is 1. The molecule has 2 aliphatic heterocycles. The van der Waals surface area contributed by atoms with Crippen LogP contribution >= 0.6 is 0 Å². The number of hydrogen-bond donors (Lipinski definition) is 1. The van der Waals surface area contributed by atoms with Crippen LogP contribution in [-0.4, -0.2) is 25.0 Å². The van der Waals surface area contributed by atoms with Crippen LogP contribution in [0.25, 0.3) is 11.4 Å². The van der Waals surface area contributed by atoms with Crippen molar-refractivity contribution in [2.24, 2.45) is 0 Å². The van der Waals surface area contributed by atoms with Gasteiger partial charge in [-0.05, 0) is 48.0 Å². The van der Waals surface area contributed by atoms with E-state index in [2.05, 4.69) is 15.3 Å². The Morgan fingerprint density at radius 2 is 1.87 bits per heavy atom. The van der Waals surface area contributed by atoms with E-state index in [9.17, 15) is 18.8 Å². The molecule has 30 heavy (non-hydrogen) atoms. The van der Waals surface area contributed by atoms with Crippen LogP contribution in [0, 0.1) is 5.82 Å². The molecule has 2 aliphatic rings. The molecule has 0 unspecified atom stereocenters. The molecule has 0 radical (unpaired) electrons. The molecule has 150 valence electrons. The molecule has 2 aromatic rings. The number of rotatable bonds is 5. The molecule has 1 aromatic carbocycles. The fourth-order valence-corrected chi connectivity index (χ4v) is 3.05. The van der Waals surface area contributed by atoms with E-state index in [1.807, 2.05) is 0 Å². The van der Waals surface area contributed by atoms with Crippen molar-refractivity contribution in [1.29, 1.82) is 0 Å². The average molecular weight is 405 g/mol. The van der Waals surface area contributed by atoms with Crippen molar-refractivity contribution >= 4 is 11.6 Å². The van der Waals surface area contributed by atoms with Crippen molar-refractivity contribution in [1.82, 2.24) is 19.1 Å². The monoisotopic (exact) mass is 405 g/mol. The second-order valence-electron chi connectivity index (χ2n) is 6.58. The lowest BCUT2D eigenvalue weighted by atomic mass is 10.2. The van der Waals surface area contributed by atoms with Gasteiger partial charge in [0.05, 0.1) is 12.1 Å². The Kier molecular flexibility index (Phi) is 5.17. The summed E-state index contributed by atoms with van der Waals surface area (Å²) in [7, 11) is 0. The van der Waals surface area contributed by atoms with E-state index in [-0.39, 0.29) is 24.5 Å². The Labute approximate surface area is 169 Å². The molecule has 4 rings (SSSR count). The molecule has 8 nitrogen and oxygen atoms in total. The highest BCUT2D eigenvalue weighted by Crippen LogP contribution is 2.14. The molecule has 1 amide bonds. The topological polar surface area (TPSA) is 98.9 Å². The van der Waals surface area contributed by atoms with Gasteiger partial charge in [-0.1, -0.05) is 6.07 Å². The molecule has 9 heteroatoms. The molecular weight excluding hydrogens is 389 g/mol. The van der Waals surface area contributed by atoms with Crippen LogP contribution in [0.3, 0.4) is 0 Å². The molecule has 1 N–H and O–H groups in total. The van der Waals surface area contributed by atoms with E-state index in [1.54, 1.807) is 42.9 Å². The van der Waals surface area contributed by atoms with E-state index in [4.69, 9.17) is 0 Å². The van der Waals surface area contributed by atoms with Crippen molar-refractivity contribution in [3.05, 3.63) is 99.3 Å². The number of anilines is 1. The Hall–Kier alpha value is -4.14. The second-order valence-corrected chi connectivity index (χ2v) is 6.58. The van der Waals surface area contributed by atoms with Gasteiger partial charge in [0.1, 0.15) is 12.4 Å². The van der Waals surface area contributed by atoms with Gasteiger partial charge in [0.2, 0.25) is 5.91 Å². The summed E-state index contributed by atoms with van der Waals surface area (Å²) >= 11 is 0. The summed E-state index contributed by atoms with van der Waals surface area (Å²) < 4.78 is 15.5. The van der Waals surface area contributed by atoms with Gasteiger partial charge < -0.3 is 9.88 Å². The number of halogens is 1. The lowest BCUT2D eigenvalue weighted by molar-refractivity contribution is -0.116. The zero-order chi connectivity index (χ0) is 21.1.